The number of nitrogens with one attached hydrogen (secondary N) is 6. The average Bonchev–Trinajstić information content (AvgIpc) is 3.14. The lowest BCUT2D eigenvalue weighted by molar-refractivity contribution is 0.0997. The number of benzene rings is 2. The van der Waals surface area contributed by atoms with Crippen LogP contribution in [0.3, 0.4) is 0 Å². The number of piperidine rings is 2. The van der Waals surface area contributed by atoms with E-state index in [0.717, 1.165) is 51.9 Å². The van der Waals surface area contributed by atoms with Crippen LogP contribution in [0, 0.1) is 17.7 Å². The van der Waals surface area contributed by atoms with Gasteiger partial charge in [0.05, 0.1) is 32.3 Å². The molecule has 6 N–H and O–H groups in total. The number of anilines is 4. The van der Waals surface area contributed by atoms with Crippen molar-refractivity contribution in [2.45, 2.75) is 58.3 Å². The maximum atomic E-state index is 9.26. The van der Waals surface area contributed by atoms with Gasteiger partial charge in [0.2, 0.25) is 29.6 Å². The fourth-order valence-corrected chi connectivity index (χ4v) is 6.63. The molecule has 2 aromatic carbocycles. The van der Waals surface area contributed by atoms with E-state index in [1.165, 1.54) is 0 Å². The minimum Gasteiger partial charge on any atom is -0.474 e. The second-order valence-electron chi connectivity index (χ2n) is 12.9. The Bertz CT molecular complexity index is 1960. The summed E-state index contributed by atoms with van der Waals surface area (Å²) in [7, 11) is 0. The Morgan fingerprint density at radius 3 is 2.13 bits per heavy atom. The van der Waals surface area contributed by atoms with E-state index in [4.69, 9.17) is 76.2 Å². The summed E-state index contributed by atoms with van der Waals surface area (Å²) in [5.41, 5.74) is 2.19. The van der Waals surface area contributed by atoms with Gasteiger partial charge in [-0.25, -0.2) is 9.97 Å². The third-order valence-corrected chi connectivity index (χ3v) is 10.3. The van der Waals surface area contributed by atoms with Crippen molar-refractivity contribution in [1.82, 2.24) is 30.2 Å². The summed E-state index contributed by atoms with van der Waals surface area (Å²) in [6, 6.07) is 13.5. The molecule has 0 spiro atoms. The molecule has 1 atom stereocenters. The highest BCUT2D eigenvalue weighted by Crippen LogP contribution is 2.28. The van der Waals surface area contributed by atoms with Crippen molar-refractivity contribution in [3.8, 4) is 11.8 Å². The van der Waals surface area contributed by atoms with Gasteiger partial charge in [-0.2, -0.15) is 9.97 Å². The molecule has 0 aliphatic carbocycles. The summed E-state index contributed by atoms with van der Waals surface area (Å²) in [5.74, 6) is 0.854. The zero-order valence-corrected chi connectivity index (χ0v) is 32.9. The normalized spacial score (nSPS) is 16.4. The molecule has 0 radical (unpaired) electrons. The van der Waals surface area contributed by atoms with Crippen molar-refractivity contribution in [2.24, 2.45) is 0 Å². The van der Waals surface area contributed by atoms with E-state index in [2.05, 4.69) is 38.1 Å². The van der Waals surface area contributed by atoms with Crippen LogP contribution in [-0.2, 0) is 6.54 Å². The van der Waals surface area contributed by atoms with E-state index < -0.39 is 0 Å². The third-order valence-electron chi connectivity index (χ3n) is 8.82. The number of hydrogen-bond acceptors (Lipinski definition) is 10. The SMILES string of the molecule is CCN1CCC(Oc2cc(CN(C(=N)Nc3ccc(Cl)c(Cl)c3)c3nc(C)cc(OC4CCCNC4)n3)nc(NC(=N)Nc3ccc(Cl)c(Cl)c3)n2)CC1. The van der Waals surface area contributed by atoms with Gasteiger partial charge in [0.25, 0.3) is 0 Å². The van der Waals surface area contributed by atoms with Crippen LogP contribution in [0.2, 0.25) is 20.1 Å². The van der Waals surface area contributed by atoms with Crippen LogP contribution in [0.25, 0.3) is 0 Å². The predicted octanol–water partition coefficient (Wildman–Crippen LogP) is 7.69. The largest absolute Gasteiger partial charge is 0.474 e. The van der Waals surface area contributed by atoms with Crippen molar-refractivity contribution in [2.75, 3.05) is 53.6 Å². The van der Waals surface area contributed by atoms with Gasteiger partial charge in [-0.3, -0.25) is 21.0 Å². The van der Waals surface area contributed by atoms with E-state index in [9.17, 15) is 5.41 Å². The Morgan fingerprint density at radius 1 is 0.815 bits per heavy atom. The monoisotopic (exact) mass is 814 g/mol. The van der Waals surface area contributed by atoms with Crippen LogP contribution >= 0.6 is 46.4 Å². The Morgan fingerprint density at radius 2 is 1.48 bits per heavy atom. The molecule has 0 saturated carbocycles. The van der Waals surface area contributed by atoms with Gasteiger partial charge < -0.3 is 30.3 Å². The van der Waals surface area contributed by atoms with Gasteiger partial charge in [0.1, 0.15) is 12.2 Å². The lowest BCUT2D eigenvalue weighted by Crippen LogP contribution is -2.39. The van der Waals surface area contributed by atoms with Crippen LogP contribution in [0.5, 0.6) is 11.8 Å². The highest BCUT2D eigenvalue weighted by atomic mass is 35.5. The zero-order chi connectivity index (χ0) is 38.2. The fraction of sp³-hybridized carbons (Fsp3) is 0.389. The van der Waals surface area contributed by atoms with Crippen LogP contribution in [-0.4, -0.2) is 81.7 Å². The molecular formula is C36H42Cl4N12O2. The molecule has 0 bridgehead atoms. The van der Waals surface area contributed by atoms with E-state index >= 15 is 0 Å². The van der Waals surface area contributed by atoms with Crippen molar-refractivity contribution in [3.05, 3.63) is 80.0 Å². The summed E-state index contributed by atoms with van der Waals surface area (Å²) >= 11 is 24.8. The molecule has 18 heteroatoms. The van der Waals surface area contributed by atoms with E-state index in [0.29, 0.717) is 61.2 Å². The molecule has 2 saturated heterocycles. The fourth-order valence-electron chi connectivity index (χ4n) is 6.03. The molecule has 4 aromatic rings. The van der Waals surface area contributed by atoms with Crippen molar-refractivity contribution in [1.29, 1.82) is 10.8 Å². The Kier molecular flexibility index (Phi) is 13.5. The molecule has 14 nitrogen and oxygen atoms in total. The van der Waals surface area contributed by atoms with E-state index in [1.807, 2.05) is 6.92 Å². The van der Waals surface area contributed by atoms with Crippen LogP contribution in [0.4, 0.5) is 23.3 Å². The highest BCUT2D eigenvalue weighted by molar-refractivity contribution is 6.42. The number of ether oxygens (including phenoxy) is 2. The van der Waals surface area contributed by atoms with Gasteiger partial charge >= 0.3 is 0 Å². The highest BCUT2D eigenvalue weighted by Gasteiger charge is 2.24. The van der Waals surface area contributed by atoms with Crippen molar-refractivity contribution in [3.63, 3.8) is 0 Å². The molecular weight excluding hydrogens is 774 g/mol. The quantitative estimate of drug-likeness (QED) is 0.0645. The number of rotatable bonds is 11. The minimum atomic E-state index is -0.111. The molecule has 1 unspecified atom stereocenters. The van der Waals surface area contributed by atoms with Crippen molar-refractivity contribution < 1.29 is 9.47 Å². The molecule has 2 fully saturated rings. The van der Waals surface area contributed by atoms with Crippen LogP contribution in [0.1, 0.15) is 44.0 Å². The number of hydrogen-bond donors (Lipinski definition) is 6. The number of aryl methyl sites for hydroxylation is 1. The second-order valence-corrected chi connectivity index (χ2v) is 14.6. The summed E-state index contributed by atoms with van der Waals surface area (Å²) in [6.07, 6.45) is 3.47. The molecule has 2 aliphatic heterocycles. The van der Waals surface area contributed by atoms with Gasteiger partial charge in [0.15, 0.2) is 5.96 Å². The smallest absolute Gasteiger partial charge is 0.236 e. The van der Waals surface area contributed by atoms with Gasteiger partial charge in [-0.15, -0.1) is 0 Å². The Hall–Kier alpha value is -4.18. The van der Waals surface area contributed by atoms with Gasteiger partial charge in [-0.1, -0.05) is 53.3 Å². The van der Waals surface area contributed by atoms with Gasteiger partial charge in [-0.05, 0) is 82.1 Å². The average molecular weight is 817 g/mol. The Balaban J connectivity index is 1.32. The number of guanidine groups is 2. The minimum absolute atomic E-state index is 0.0103. The second kappa shape index (κ2) is 18.4. The summed E-state index contributed by atoms with van der Waals surface area (Å²) in [6.45, 7) is 8.48. The summed E-state index contributed by atoms with van der Waals surface area (Å²) in [5, 5.41) is 31.7. The number of likely N-dealkylation sites (tertiary alicyclic amines) is 1. The third kappa shape index (κ3) is 11.0. The molecule has 2 aliphatic rings. The first kappa shape index (κ1) is 39.5. The predicted molar refractivity (Wildman–Crippen MR) is 217 cm³/mol. The Labute approximate surface area is 334 Å². The first-order valence-electron chi connectivity index (χ1n) is 17.7. The molecule has 0 amide bonds. The summed E-state index contributed by atoms with van der Waals surface area (Å²) < 4.78 is 12.7. The lowest BCUT2D eigenvalue weighted by Gasteiger charge is -2.31. The number of nitrogens with zero attached hydrogens (tertiary/aromatic N) is 6. The van der Waals surface area contributed by atoms with Crippen molar-refractivity contribution >= 4 is 81.6 Å². The van der Waals surface area contributed by atoms with Gasteiger partial charge in [0, 0.05) is 48.8 Å². The zero-order valence-electron chi connectivity index (χ0n) is 29.9. The molecule has 4 heterocycles. The number of aromatic nitrogens is 4. The number of halogens is 4. The first-order valence-corrected chi connectivity index (χ1v) is 19.2. The standard InChI is InChI=1S/C36H42Cl4N12O2/c1-3-51-13-10-25(11-14-51)53-32-18-24(47-35(48-32)50-33(41)45-22-6-8-27(37)29(39)16-22)20-52(34(42)46-23-7-9-28(38)30(40)17-23)36-44-21(2)15-31(49-36)54-26-5-4-12-43-19-26/h6-9,15-18,25-26,43H,3-5,10-14,19-20H2,1-2H3,(H2,42,46)(H3,41,45,47,48,50). The molecule has 2 aromatic heterocycles. The topological polar surface area (TPSA) is 172 Å². The lowest BCUT2D eigenvalue weighted by atomic mass is 10.1. The van der Waals surface area contributed by atoms with Crippen LogP contribution in [0.15, 0.2) is 48.5 Å². The summed E-state index contributed by atoms with van der Waals surface area (Å²) in [4.78, 5) is 22.8. The van der Waals surface area contributed by atoms with E-state index in [-0.39, 0.29) is 42.6 Å². The van der Waals surface area contributed by atoms with E-state index in [1.54, 1.807) is 53.4 Å². The molecule has 6 rings (SSSR count). The van der Waals surface area contributed by atoms with Crippen LogP contribution < -0.4 is 35.6 Å². The maximum absolute atomic E-state index is 9.26. The maximum Gasteiger partial charge on any atom is 0.236 e. The first-order chi connectivity index (χ1) is 26.0. The molecule has 54 heavy (non-hydrogen) atoms. The molecule has 286 valence electrons.